The highest BCUT2D eigenvalue weighted by Gasteiger charge is 2.09. The number of aromatic hydroxyl groups is 1. The molecule has 12 heavy (non-hydrogen) atoms. The van der Waals surface area contributed by atoms with Gasteiger partial charge in [-0.15, -0.1) is 0 Å². The zero-order valence-corrected chi connectivity index (χ0v) is 6.14. The summed E-state index contributed by atoms with van der Waals surface area (Å²) in [6.07, 6.45) is -0.995. The summed E-state index contributed by atoms with van der Waals surface area (Å²) in [6, 6.07) is 7.56. The molecule has 62 valence electrons. The molecule has 1 unspecified atom stereocenters. The molecular weight excluding hydrogens is 158 g/mol. The molecule has 2 N–H and O–H groups in total. The van der Waals surface area contributed by atoms with Crippen molar-refractivity contribution in [3.8, 4) is 11.8 Å². The van der Waals surface area contributed by atoms with Gasteiger partial charge in [0.15, 0.2) is 0 Å². The van der Waals surface area contributed by atoms with Crippen molar-refractivity contribution in [2.24, 2.45) is 0 Å². The maximum absolute atomic E-state index is 8.90. The van der Waals surface area contributed by atoms with E-state index < -0.39 is 6.10 Å². The molecular formula is C8H7NO3. The molecule has 0 heterocycles. The number of benzene rings is 1. The molecule has 0 amide bonds. The molecule has 4 heteroatoms. The molecule has 1 atom stereocenters. The lowest BCUT2D eigenvalue weighted by Crippen LogP contribution is -1.97. The number of phenolic OH excluding ortho intramolecular Hbond substituents is 1. The quantitative estimate of drug-likeness (QED) is 0.513. The molecule has 1 aromatic rings. The van der Waals surface area contributed by atoms with Crippen LogP contribution in [0.5, 0.6) is 5.75 Å². The first-order valence-corrected chi connectivity index (χ1v) is 3.26. The van der Waals surface area contributed by atoms with Crippen LogP contribution < -0.4 is 0 Å². The van der Waals surface area contributed by atoms with E-state index in [0.717, 1.165) is 0 Å². The maximum atomic E-state index is 8.90. The van der Waals surface area contributed by atoms with Gasteiger partial charge in [0.05, 0.1) is 0 Å². The van der Waals surface area contributed by atoms with Crippen LogP contribution in [-0.4, -0.2) is 10.4 Å². The lowest BCUT2D eigenvalue weighted by molar-refractivity contribution is -0.266. The van der Waals surface area contributed by atoms with E-state index in [1.165, 1.54) is 24.3 Å². The molecule has 0 bridgehead atoms. The molecule has 1 rings (SSSR count). The minimum atomic E-state index is -0.995. The summed E-state index contributed by atoms with van der Waals surface area (Å²) in [6.45, 7) is 0. The molecule has 0 saturated carbocycles. The molecule has 0 fully saturated rings. The number of rotatable bonds is 2. The molecule has 0 aliphatic carbocycles. The van der Waals surface area contributed by atoms with Crippen molar-refractivity contribution in [2.45, 2.75) is 6.10 Å². The summed E-state index contributed by atoms with van der Waals surface area (Å²) in [5, 5.41) is 25.6. The SMILES string of the molecule is N#CC(OO)c1ccc(O)cc1. The smallest absolute Gasteiger partial charge is 0.203 e. The Kier molecular flexibility index (Phi) is 2.64. The van der Waals surface area contributed by atoms with Gasteiger partial charge in [-0.3, -0.25) is 5.26 Å². The fraction of sp³-hybridized carbons (Fsp3) is 0.125. The van der Waals surface area contributed by atoms with Crippen LogP contribution in [0.1, 0.15) is 11.7 Å². The molecule has 0 spiro atoms. The van der Waals surface area contributed by atoms with Gasteiger partial charge < -0.3 is 5.11 Å². The third kappa shape index (κ3) is 1.72. The Labute approximate surface area is 69.2 Å². The van der Waals surface area contributed by atoms with Crippen LogP contribution in [-0.2, 0) is 4.89 Å². The van der Waals surface area contributed by atoms with Crippen molar-refractivity contribution in [3.05, 3.63) is 29.8 Å². The van der Waals surface area contributed by atoms with Crippen molar-refractivity contribution in [2.75, 3.05) is 0 Å². The maximum Gasteiger partial charge on any atom is 0.203 e. The number of hydrogen-bond donors (Lipinski definition) is 2. The summed E-state index contributed by atoms with van der Waals surface area (Å²) in [7, 11) is 0. The lowest BCUT2D eigenvalue weighted by Gasteiger charge is -2.03. The Morgan fingerprint density at radius 2 is 1.92 bits per heavy atom. The van der Waals surface area contributed by atoms with Crippen LogP contribution in [0.25, 0.3) is 0 Å². The highest BCUT2D eigenvalue weighted by molar-refractivity contribution is 5.29. The summed E-state index contributed by atoms with van der Waals surface area (Å²) in [5.41, 5.74) is 0.498. The number of nitrogens with zero attached hydrogens (tertiary/aromatic N) is 1. The molecule has 0 radical (unpaired) electrons. The van der Waals surface area contributed by atoms with Crippen molar-refractivity contribution in [1.29, 1.82) is 5.26 Å². The van der Waals surface area contributed by atoms with Gasteiger partial charge >= 0.3 is 0 Å². The zero-order chi connectivity index (χ0) is 8.97. The number of phenols is 1. The van der Waals surface area contributed by atoms with E-state index in [0.29, 0.717) is 5.56 Å². The Morgan fingerprint density at radius 3 is 2.33 bits per heavy atom. The van der Waals surface area contributed by atoms with Crippen LogP contribution in [0, 0.1) is 11.3 Å². The second-order valence-electron chi connectivity index (χ2n) is 2.21. The second-order valence-corrected chi connectivity index (χ2v) is 2.21. The van der Waals surface area contributed by atoms with Gasteiger partial charge in [-0.05, 0) is 17.7 Å². The van der Waals surface area contributed by atoms with Crippen LogP contribution in [0.4, 0.5) is 0 Å². The zero-order valence-electron chi connectivity index (χ0n) is 6.14. The van der Waals surface area contributed by atoms with Gasteiger partial charge in [-0.2, -0.15) is 5.26 Å². The Hall–Kier alpha value is -1.57. The number of hydrogen-bond acceptors (Lipinski definition) is 4. The number of nitriles is 1. The van der Waals surface area contributed by atoms with Crippen LogP contribution >= 0.6 is 0 Å². The first-order chi connectivity index (χ1) is 5.77. The second kappa shape index (κ2) is 3.72. The third-order valence-corrected chi connectivity index (χ3v) is 1.42. The van der Waals surface area contributed by atoms with E-state index in [9.17, 15) is 0 Å². The van der Waals surface area contributed by atoms with E-state index in [1.54, 1.807) is 6.07 Å². The van der Waals surface area contributed by atoms with Gasteiger partial charge in [0.2, 0.25) is 6.10 Å². The first kappa shape index (κ1) is 8.53. The Morgan fingerprint density at radius 1 is 1.33 bits per heavy atom. The fourth-order valence-electron chi connectivity index (χ4n) is 0.808. The summed E-state index contributed by atoms with van der Waals surface area (Å²) in [5.74, 6) is 0.105. The predicted molar refractivity (Wildman–Crippen MR) is 40.2 cm³/mol. The first-order valence-electron chi connectivity index (χ1n) is 3.26. The largest absolute Gasteiger partial charge is 0.508 e. The van der Waals surface area contributed by atoms with Gasteiger partial charge in [0.25, 0.3) is 0 Å². The van der Waals surface area contributed by atoms with Gasteiger partial charge in [-0.25, -0.2) is 4.89 Å². The van der Waals surface area contributed by atoms with E-state index in [1.807, 2.05) is 0 Å². The Balaban J connectivity index is 2.89. The highest BCUT2D eigenvalue weighted by Crippen LogP contribution is 2.18. The van der Waals surface area contributed by atoms with Crippen molar-refractivity contribution in [3.63, 3.8) is 0 Å². The molecule has 0 aliphatic rings. The molecule has 1 aromatic carbocycles. The van der Waals surface area contributed by atoms with E-state index in [4.69, 9.17) is 15.6 Å². The topological polar surface area (TPSA) is 73.5 Å². The standard InChI is InChI=1S/C8H7NO3/c9-5-8(12-11)6-1-3-7(10)4-2-6/h1-4,8,10-11H. The van der Waals surface area contributed by atoms with Crippen molar-refractivity contribution < 1.29 is 15.3 Å². The summed E-state index contributed by atoms with van der Waals surface area (Å²) in [4.78, 5) is 3.88. The van der Waals surface area contributed by atoms with E-state index >= 15 is 0 Å². The minimum absolute atomic E-state index is 0.105. The average Bonchev–Trinajstić information content (AvgIpc) is 2.10. The van der Waals surface area contributed by atoms with Crippen LogP contribution in [0.2, 0.25) is 0 Å². The summed E-state index contributed by atoms with van der Waals surface area (Å²) >= 11 is 0. The van der Waals surface area contributed by atoms with Gasteiger partial charge in [0, 0.05) is 0 Å². The predicted octanol–water partition coefficient (Wildman–Crippen LogP) is 1.45. The van der Waals surface area contributed by atoms with E-state index in [2.05, 4.69) is 4.89 Å². The molecule has 0 aromatic heterocycles. The van der Waals surface area contributed by atoms with E-state index in [-0.39, 0.29) is 5.75 Å². The molecule has 4 nitrogen and oxygen atoms in total. The monoisotopic (exact) mass is 165 g/mol. The van der Waals surface area contributed by atoms with Gasteiger partial charge in [0.1, 0.15) is 11.8 Å². The lowest BCUT2D eigenvalue weighted by atomic mass is 10.1. The average molecular weight is 165 g/mol. The van der Waals surface area contributed by atoms with Crippen LogP contribution in [0.15, 0.2) is 24.3 Å². The summed E-state index contributed by atoms with van der Waals surface area (Å²) < 4.78 is 0. The molecule has 0 aliphatic heterocycles. The Bertz CT molecular complexity index is 288. The van der Waals surface area contributed by atoms with Crippen molar-refractivity contribution in [1.82, 2.24) is 0 Å². The minimum Gasteiger partial charge on any atom is -0.508 e. The highest BCUT2D eigenvalue weighted by atomic mass is 17.1. The normalized spacial score (nSPS) is 12.0. The third-order valence-electron chi connectivity index (χ3n) is 1.42. The molecule has 0 saturated heterocycles. The fourth-order valence-corrected chi connectivity index (χ4v) is 0.808. The van der Waals surface area contributed by atoms with Gasteiger partial charge in [-0.1, -0.05) is 12.1 Å². The van der Waals surface area contributed by atoms with Crippen molar-refractivity contribution >= 4 is 0 Å². The van der Waals surface area contributed by atoms with Crippen LogP contribution in [0.3, 0.4) is 0 Å².